The van der Waals surface area contributed by atoms with Crippen molar-refractivity contribution >= 4 is 60.9 Å². The number of furan rings is 1. The average Bonchev–Trinajstić information content (AvgIpc) is 3.40. The molecule has 194 valence electrons. The van der Waals surface area contributed by atoms with Gasteiger partial charge in [-0.2, -0.15) is 0 Å². The summed E-state index contributed by atoms with van der Waals surface area (Å²) < 4.78 is 12.5. The lowest BCUT2D eigenvalue weighted by atomic mass is 10.0. The molecule has 0 amide bonds. The van der Waals surface area contributed by atoms with E-state index in [0.29, 0.717) is 27.5 Å². The molecule has 0 spiro atoms. The highest BCUT2D eigenvalue weighted by atomic mass is 16.3. The van der Waals surface area contributed by atoms with Crippen molar-refractivity contribution in [3.63, 3.8) is 0 Å². The van der Waals surface area contributed by atoms with Gasteiger partial charge in [-0.15, -0.1) is 0 Å². The average molecular weight is 530 g/mol. The third-order valence-electron chi connectivity index (χ3n) is 7.66. The highest BCUT2D eigenvalue weighted by molar-refractivity contribution is 6.13. The number of hydrogen-bond acceptors (Lipinski definition) is 4. The summed E-state index contributed by atoms with van der Waals surface area (Å²) in [5.41, 5.74) is 7.81. The maximum Gasteiger partial charge on any atom is 0.200 e. The Morgan fingerprint density at radius 2 is 1.05 bits per heavy atom. The van der Waals surface area contributed by atoms with Crippen molar-refractivity contribution in [1.82, 2.24) is 0 Å². The zero-order valence-electron chi connectivity index (χ0n) is 22.0. The monoisotopic (exact) mass is 529 g/mol. The first-order valence-corrected chi connectivity index (χ1v) is 13.6. The van der Waals surface area contributed by atoms with Crippen molar-refractivity contribution in [2.45, 2.75) is 0 Å². The van der Waals surface area contributed by atoms with E-state index in [0.717, 1.165) is 44.5 Å². The summed E-state index contributed by atoms with van der Waals surface area (Å²) in [4.78, 5) is 15.5. The second-order valence-electron chi connectivity index (χ2n) is 10.1. The molecule has 8 aromatic rings. The molecule has 0 saturated carbocycles. The molecule has 0 saturated heterocycles. The number of nitrogens with zero attached hydrogens (tertiary/aromatic N) is 1. The molecule has 0 atom stereocenters. The van der Waals surface area contributed by atoms with Crippen molar-refractivity contribution < 1.29 is 8.83 Å². The Balaban J connectivity index is 1.26. The molecule has 0 aliphatic carbocycles. The van der Waals surface area contributed by atoms with E-state index < -0.39 is 0 Å². The Hall–Kier alpha value is -5.61. The van der Waals surface area contributed by atoms with Crippen molar-refractivity contribution in [2.24, 2.45) is 0 Å². The van der Waals surface area contributed by atoms with Gasteiger partial charge in [-0.1, -0.05) is 78.9 Å². The van der Waals surface area contributed by atoms with E-state index in [1.807, 2.05) is 54.6 Å². The number of benzene rings is 6. The molecule has 0 bridgehead atoms. The van der Waals surface area contributed by atoms with Gasteiger partial charge in [-0.25, -0.2) is 0 Å². The summed E-state index contributed by atoms with van der Waals surface area (Å²) >= 11 is 0. The lowest BCUT2D eigenvalue weighted by Crippen LogP contribution is -2.09. The fourth-order valence-electron chi connectivity index (χ4n) is 5.71. The van der Waals surface area contributed by atoms with Crippen LogP contribution in [0.5, 0.6) is 0 Å². The molecule has 6 aromatic carbocycles. The Kier molecular flexibility index (Phi) is 5.25. The Bertz CT molecular complexity index is 2230. The first-order valence-electron chi connectivity index (χ1n) is 13.6. The minimum absolute atomic E-state index is 0.0359. The van der Waals surface area contributed by atoms with Gasteiger partial charge in [0.1, 0.15) is 22.3 Å². The van der Waals surface area contributed by atoms with E-state index in [4.69, 9.17) is 8.83 Å². The van der Waals surface area contributed by atoms with Gasteiger partial charge >= 0.3 is 0 Å². The lowest BCUT2D eigenvalue weighted by molar-refractivity contribution is 0.651. The number of rotatable bonds is 4. The van der Waals surface area contributed by atoms with E-state index in [1.54, 1.807) is 6.07 Å². The molecule has 2 heterocycles. The molecule has 4 nitrogen and oxygen atoms in total. The third kappa shape index (κ3) is 3.80. The second-order valence-corrected chi connectivity index (χ2v) is 10.1. The molecule has 2 aromatic heterocycles. The van der Waals surface area contributed by atoms with Gasteiger partial charge in [0.15, 0.2) is 0 Å². The molecule has 0 aliphatic rings. The summed E-state index contributed by atoms with van der Waals surface area (Å²) in [7, 11) is 0. The maximum atomic E-state index is 13.3. The van der Waals surface area contributed by atoms with Gasteiger partial charge < -0.3 is 13.7 Å². The van der Waals surface area contributed by atoms with Crippen molar-refractivity contribution in [3.8, 4) is 11.1 Å². The van der Waals surface area contributed by atoms with Gasteiger partial charge in [0.25, 0.3) is 0 Å². The highest BCUT2D eigenvalue weighted by Crippen LogP contribution is 2.39. The minimum atomic E-state index is -0.0359. The smallest absolute Gasteiger partial charge is 0.200 e. The molecule has 0 radical (unpaired) electrons. The van der Waals surface area contributed by atoms with Crippen LogP contribution in [0.1, 0.15) is 0 Å². The fraction of sp³-hybridized carbons (Fsp3) is 0. The summed E-state index contributed by atoms with van der Waals surface area (Å²) in [5, 5.41) is 2.99. The quantitative estimate of drug-likeness (QED) is 0.213. The number of fused-ring (bicyclic) bond motifs is 5. The fourth-order valence-corrected chi connectivity index (χ4v) is 5.71. The van der Waals surface area contributed by atoms with Crippen LogP contribution in [-0.2, 0) is 0 Å². The minimum Gasteiger partial charge on any atom is -0.456 e. The molecule has 4 heteroatoms. The first-order chi connectivity index (χ1) is 20.2. The number of hydrogen-bond donors (Lipinski definition) is 0. The predicted molar refractivity (Wildman–Crippen MR) is 167 cm³/mol. The summed E-state index contributed by atoms with van der Waals surface area (Å²) in [6, 6.07) is 46.5. The Labute approximate surface area is 235 Å². The standard InChI is InChI=1S/C37H23NO3/c39-36-30-14-7-8-17-33(30)40-35-23-34-31(22-32(35)36)29-16-9-15-28(37(29)41-34)24-18-20-27(21-19-24)38(25-10-3-1-4-11-25)26-12-5-2-6-13-26/h1-23H. The van der Waals surface area contributed by atoms with Crippen molar-refractivity contribution in [3.05, 3.63) is 150 Å². The normalized spacial score (nSPS) is 11.5. The molecular weight excluding hydrogens is 506 g/mol. The second kappa shape index (κ2) is 9.25. The molecule has 0 N–H and O–H groups in total. The van der Waals surface area contributed by atoms with Crippen LogP contribution >= 0.6 is 0 Å². The number of anilines is 3. The molecule has 0 aliphatic heterocycles. The van der Waals surface area contributed by atoms with Crippen LogP contribution in [0.3, 0.4) is 0 Å². The largest absolute Gasteiger partial charge is 0.456 e. The van der Waals surface area contributed by atoms with E-state index in [-0.39, 0.29) is 5.43 Å². The van der Waals surface area contributed by atoms with Crippen molar-refractivity contribution in [2.75, 3.05) is 4.90 Å². The van der Waals surface area contributed by atoms with E-state index in [2.05, 4.69) is 83.8 Å². The van der Waals surface area contributed by atoms with E-state index in [9.17, 15) is 4.79 Å². The summed E-state index contributed by atoms with van der Waals surface area (Å²) in [6.07, 6.45) is 0. The summed E-state index contributed by atoms with van der Waals surface area (Å²) in [5.74, 6) is 0. The van der Waals surface area contributed by atoms with Crippen LogP contribution < -0.4 is 10.3 Å². The molecule has 0 fully saturated rings. The van der Waals surface area contributed by atoms with Crippen LogP contribution in [0, 0.1) is 0 Å². The Morgan fingerprint density at radius 3 is 1.78 bits per heavy atom. The first kappa shape index (κ1) is 23.3. The van der Waals surface area contributed by atoms with Crippen LogP contribution in [0.2, 0.25) is 0 Å². The van der Waals surface area contributed by atoms with Gasteiger partial charge in [0.05, 0.1) is 10.8 Å². The SMILES string of the molecule is O=c1c2ccccc2oc2cc3oc4c(-c5ccc(N(c6ccccc6)c6ccccc6)cc5)cccc4c3cc12. The van der Waals surface area contributed by atoms with Gasteiger partial charge in [-0.3, -0.25) is 4.79 Å². The topological polar surface area (TPSA) is 46.6 Å². The van der Waals surface area contributed by atoms with Crippen molar-refractivity contribution in [1.29, 1.82) is 0 Å². The third-order valence-corrected chi connectivity index (χ3v) is 7.66. The van der Waals surface area contributed by atoms with Crippen LogP contribution in [0.15, 0.2) is 153 Å². The molecule has 41 heavy (non-hydrogen) atoms. The molecular formula is C37H23NO3. The predicted octanol–water partition coefficient (Wildman–Crippen LogP) is 9.98. The van der Waals surface area contributed by atoms with Gasteiger partial charge in [0.2, 0.25) is 5.43 Å². The lowest BCUT2D eigenvalue weighted by Gasteiger charge is -2.25. The van der Waals surface area contributed by atoms with E-state index in [1.165, 1.54) is 0 Å². The van der Waals surface area contributed by atoms with Crippen LogP contribution in [0.25, 0.3) is 55.0 Å². The Morgan fingerprint density at radius 1 is 0.439 bits per heavy atom. The van der Waals surface area contributed by atoms with Crippen LogP contribution in [0.4, 0.5) is 17.1 Å². The van der Waals surface area contributed by atoms with Gasteiger partial charge in [0, 0.05) is 39.5 Å². The van der Waals surface area contributed by atoms with Gasteiger partial charge in [-0.05, 0) is 60.2 Å². The zero-order valence-corrected chi connectivity index (χ0v) is 22.0. The molecule has 8 rings (SSSR count). The zero-order chi connectivity index (χ0) is 27.3. The summed E-state index contributed by atoms with van der Waals surface area (Å²) in [6.45, 7) is 0. The van der Waals surface area contributed by atoms with E-state index >= 15 is 0 Å². The van der Waals surface area contributed by atoms with Crippen LogP contribution in [-0.4, -0.2) is 0 Å². The number of para-hydroxylation sites is 4. The highest BCUT2D eigenvalue weighted by Gasteiger charge is 2.17. The maximum absolute atomic E-state index is 13.3. The molecule has 0 unspecified atom stereocenters.